The van der Waals surface area contributed by atoms with Crippen molar-refractivity contribution < 1.29 is 4.79 Å². The molecular formula is C15H24N4O. The average Bonchev–Trinajstić information content (AvgIpc) is 2.53. The molecule has 1 aromatic rings. The van der Waals surface area contributed by atoms with Crippen LogP contribution in [0.1, 0.15) is 55.8 Å². The number of pyridine rings is 1. The van der Waals surface area contributed by atoms with E-state index in [0.717, 1.165) is 6.42 Å². The highest BCUT2D eigenvalue weighted by Crippen LogP contribution is 2.27. The Bertz CT molecular complexity index is 426. The lowest BCUT2D eigenvalue weighted by Gasteiger charge is -2.30. The van der Waals surface area contributed by atoms with Crippen molar-refractivity contribution in [2.45, 2.75) is 51.5 Å². The molecule has 0 radical (unpaired) electrons. The number of hydrogen-bond acceptors (Lipinski definition) is 4. The number of rotatable bonds is 5. The maximum atomic E-state index is 12.3. The first-order chi connectivity index (χ1) is 9.74. The van der Waals surface area contributed by atoms with Crippen molar-refractivity contribution in [2.75, 3.05) is 5.43 Å². The van der Waals surface area contributed by atoms with Gasteiger partial charge in [0.2, 0.25) is 0 Å². The van der Waals surface area contributed by atoms with E-state index in [4.69, 9.17) is 5.84 Å². The fourth-order valence-electron chi connectivity index (χ4n) is 2.96. The lowest BCUT2D eigenvalue weighted by Crippen LogP contribution is -2.40. The van der Waals surface area contributed by atoms with Crippen molar-refractivity contribution >= 4 is 11.7 Å². The third-order valence-electron chi connectivity index (χ3n) is 4.15. The highest BCUT2D eigenvalue weighted by atomic mass is 16.1. The summed E-state index contributed by atoms with van der Waals surface area (Å²) >= 11 is 0. The maximum absolute atomic E-state index is 12.3. The molecule has 0 bridgehead atoms. The van der Waals surface area contributed by atoms with Gasteiger partial charge in [0, 0.05) is 12.2 Å². The molecule has 4 N–H and O–H groups in total. The lowest BCUT2D eigenvalue weighted by atomic mass is 9.83. The number of nitrogens with zero attached hydrogens (tertiary/aromatic N) is 1. The van der Waals surface area contributed by atoms with E-state index in [1.807, 2.05) is 0 Å². The molecule has 1 aromatic heterocycles. The summed E-state index contributed by atoms with van der Waals surface area (Å²) in [4.78, 5) is 16.3. The molecule has 1 amide bonds. The average molecular weight is 276 g/mol. The van der Waals surface area contributed by atoms with Crippen molar-refractivity contribution in [1.82, 2.24) is 10.3 Å². The minimum atomic E-state index is -0.0431. The number of hydrogen-bond donors (Lipinski definition) is 3. The van der Waals surface area contributed by atoms with Gasteiger partial charge in [-0.15, -0.1) is 0 Å². The summed E-state index contributed by atoms with van der Waals surface area (Å²) in [6.07, 6.45) is 8.90. The first-order valence-corrected chi connectivity index (χ1v) is 7.48. The first-order valence-electron chi connectivity index (χ1n) is 7.48. The van der Waals surface area contributed by atoms with Crippen LogP contribution in [-0.4, -0.2) is 16.9 Å². The first kappa shape index (κ1) is 14.8. The summed E-state index contributed by atoms with van der Waals surface area (Å²) in [7, 11) is 0. The van der Waals surface area contributed by atoms with Crippen LogP contribution in [0.2, 0.25) is 0 Å². The topological polar surface area (TPSA) is 80.0 Å². The monoisotopic (exact) mass is 276 g/mol. The SMILES string of the molecule is CCC(NC(=O)c1ccc(NN)nc1)C1CCCCC1. The zero-order valence-corrected chi connectivity index (χ0v) is 12.1. The Labute approximate surface area is 120 Å². The normalized spacial score (nSPS) is 17.5. The van der Waals surface area contributed by atoms with Gasteiger partial charge in [-0.2, -0.15) is 0 Å². The number of aromatic nitrogens is 1. The Morgan fingerprint density at radius 3 is 2.70 bits per heavy atom. The predicted octanol–water partition coefficient (Wildman–Crippen LogP) is 2.46. The van der Waals surface area contributed by atoms with Crippen LogP contribution in [0.5, 0.6) is 0 Å². The fraction of sp³-hybridized carbons (Fsp3) is 0.600. The number of anilines is 1. The van der Waals surface area contributed by atoms with E-state index in [2.05, 4.69) is 22.7 Å². The van der Waals surface area contributed by atoms with Gasteiger partial charge in [-0.1, -0.05) is 26.2 Å². The van der Waals surface area contributed by atoms with Crippen molar-refractivity contribution in [3.63, 3.8) is 0 Å². The van der Waals surface area contributed by atoms with E-state index < -0.39 is 0 Å². The van der Waals surface area contributed by atoms with Gasteiger partial charge in [0.25, 0.3) is 5.91 Å². The molecule has 0 aromatic carbocycles. The number of nitrogen functional groups attached to an aromatic ring is 1. The second-order valence-electron chi connectivity index (χ2n) is 5.46. The third-order valence-corrected chi connectivity index (χ3v) is 4.15. The quantitative estimate of drug-likeness (QED) is 0.570. The van der Waals surface area contributed by atoms with Gasteiger partial charge in [-0.3, -0.25) is 4.79 Å². The number of hydrazine groups is 1. The zero-order valence-electron chi connectivity index (χ0n) is 12.1. The van der Waals surface area contributed by atoms with Gasteiger partial charge in [-0.05, 0) is 37.3 Å². The van der Waals surface area contributed by atoms with Crippen molar-refractivity contribution in [3.8, 4) is 0 Å². The molecule has 1 heterocycles. The van der Waals surface area contributed by atoms with Crippen LogP contribution in [0.3, 0.4) is 0 Å². The van der Waals surface area contributed by atoms with Gasteiger partial charge in [0.1, 0.15) is 5.82 Å². The fourth-order valence-corrected chi connectivity index (χ4v) is 2.96. The molecule has 0 aliphatic heterocycles. The van der Waals surface area contributed by atoms with Gasteiger partial charge >= 0.3 is 0 Å². The van der Waals surface area contributed by atoms with Crippen LogP contribution >= 0.6 is 0 Å². The molecule has 1 fully saturated rings. The molecular weight excluding hydrogens is 252 g/mol. The van der Waals surface area contributed by atoms with Gasteiger partial charge < -0.3 is 10.7 Å². The minimum Gasteiger partial charge on any atom is -0.349 e. The van der Waals surface area contributed by atoms with E-state index >= 15 is 0 Å². The van der Waals surface area contributed by atoms with Crippen molar-refractivity contribution in [1.29, 1.82) is 0 Å². The van der Waals surface area contributed by atoms with Crippen LogP contribution in [0.4, 0.5) is 5.82 Å². The van der Waals surface area contributed by atoms with Crippen molar-refractivity contribution in [2.24, 2.45) is 11.8 Å². The zero-order chi connectivity index (χ0) is 14.4. The second kappa shape index (κ2) is 7.24. The molecule has 1 aliphatic carbocycles. The number of nitrogens with two attached hydrogens (primary N) is 1. The van der Waals surface area contributed by atoms with Gasteiger partial charge in [-0.25, -0.2) is 10.8 Å². The standard InChI is InChI=1S/C15H24N4O/c1-2-13(11-6-4-3-5-7-11)18-15(20)12-8-9-14(19-16)17-10-12/h8-11,13H,2-7,16H2,1H3,(H,17,19)(H,18,20). The maximum Gasteiger partial charge on any atom is 0.253 e. The van der Waals surface area contributed by atoms with Crippen LogP contribution in [-0.2, 0) is 0 Å². The van der Waals surface area contributed by atoms with E-state index in [0.29, 0.717) is 17.3 Å². The van der Waals surface area contributed by atoms with E-state index in [1.165, 1.54) is 32.1 Å². The van der Waals surface area contributed by atoms with Crippen LogP contribution in [0.15, 0.2) is 18.3 Å². The lowest BCUT2D eigenvalue weighted by molar-refractivity contribution is 0.0911. The highest BCUT2D eigenvalue weighted by Gasteiger charge is 2.24. The Hall–Kier alpha value is -1.62. The van der Waals surface area contributed by atoms with Crippen LogP contribution in [0, 0.1) is 5.92 Å². The summed E-state index contributed by atoms with van der Waals surface area (Å²) in [5.74, 6) is 6.40. The number of nitrogens with one attached hydrogen (secondary N) is 2. The number of carbonyl (C=O) groups is 1. The van der Waals surface area contributed by atoms with Gasteiger partial charge in [0.05, 0.1) is 5.56 Å². The third kappa shape index (κ3) is 3.70. The summed E-state index contributed by atoms with van der Waals surface area (Å²) < 4.78 is 0. The molecule has 20 heavy (non-hydrogen) atoms. The van der Waals surface area contributed by atoms with E-state index in [1.54, 1.807) is 18.3 Å². The minimum absolute atomic E-state index is 0.0431. The molecule has 0 spiro atoms. The largest absolute Gasteiger partial charge is 0.349 e. The molecule has 110 valence electrons. The Balaban J connectivity index is 1.96. The number of carbonyl (C=O) groups excluding carboxylic acids is 1. The predicted molar refractivity (Wildman–Crippen MR) is 80.2 cm³/mol. The molecule has 2 rings (SSSR count). The van der Waals surface area contributed by atoms with E-state index in [-0.39, 0.29) is 11.9 Å². The Morgan fingerprint density at radius 2 is 2.15 bits per heavy atom. The van der Waals surface area contributed by atoms with Crippen LogP contribution in [0.25, 0.3) is 0 Å². The van der Waals surface area contributed by atoms with E-state index in [9.17, 15) is 4.79 Å². The molecule has 5 nitrogen and oxygen atoms in total. The molecule has 1 aliphatic rings. The summed E-state index contributed by atoms with van der Waals surface area (Å²) in [6, 6.07) is 3.72. The van der Waals surface area contributed by atoms with Gasteiger partial charge in [0.15, 0.2) is 0 Å². The molecule has 1 saturated carbocycles. The van der Waals surface area contributed by atoms with Crippen molar-refractivity contribution in [3.05, 3.63) is 23.9 Å². The molecule has 0 saturated heterocycles. The summed E-state index contributed by atoms with van der Waals surface area (Å²) in [5.41, 5.74) is 3.04. The summed E-state index contributed by atoms with van der Waals surface area (Å²) in [5, 5.41) is 3.16. The Kier molecular flexibility index (Phi) is 5.35. The second-order valence-corrected chi connectivity index (χ2v) is 5.46. The molecule has 1 atom stereocenters. The highest BCUT2D eigenvalue weighted by molar-refractivity contribution is 5.94. The smallest absolute Gasteiger partial charge is 0.253 e. The molecule has 5 heteroatoms. The van der Waals surface area contributed by atoms with Crippen LogP contribution < -0.4 is 16.6 Å². The Morgan fingerprint density at radius 1 is 1.40 bits per heavy atom. The summed E-state index contributed by atoms with van der Waals surface area (Å²) in [6.45, 7) is 2.14. The number of amides is 1. The molecule has 1 unspecified atom stereocenters.